The zero-order valence-electron chi connectivity index (χ0n) is 12.4. The van der Waals surface area contributed by atoms with Gasteiger partial charge in [0, 0.05) is 18.0 Å². The molecule has 1 aliphatic rings. The molecule has 1 aliphatic carbocycles. The van der Waals surface area contributed by atoms with Crippen molar-refractivity contribution in [3.05, 3.63) is 16.5 Å². The van der Waals surface area contributed by atoms with E-state index in [4.69, 9.17) is 0 Å². The Morgan fingerprint density at radius 1 is 1.45 bits per heavy atom. The van der Waals surface area contributed by atoms with E-state index in [1.165, 1.54) is 11.3 Å². The van der Waals surface area contributed by atoms with Crippen LogP contribution in [0.2, 0.25) is 0 Å². The monoisotopic (exact) mass is 316 g/mol. The molecule has 20 heavy (non-hydrogen) atoms. The van der Waals surface area contributed by atoms with E-state index in [2.05, 4.69) is 23.9 Å². The summed E-state index contributed by atoms with van der Waals surface area (Å²) in [6.07, 6.45) is 2.22. The predicted molar refractivity (Wildman–Crippen MR) is 83.5 cm³/mol. The smallest absolute Gasteiger partial charge is 0.250 e. The molecule has 0 radical (unpaired) electrons. The molecule has 0 aromatic carbocycles. The number of thiophene rings is 1. The molecule has 1 heterocycles. The second-order valence-corrected chi connectivity index (χ2v) is 8.80. The molecule has 114 valence electrons. The van der Waals surface area contributed by atoms with Gasteiger partial charge in [-0.15, -0.1) is 11.3 Å². The molecule has 2 rings (SSSR count). The fourth-order valence-electron chi connectivity index (χ4n) is 2.15. The Morgan fingerprint density at radius 2 is 2.15 bits per heavy atom. The maximum atomic E-state index is 12.2. The third-order valence-corrected chi connectivity index (χ3v) is 6.92. The number of hydrogen-bond acceptors (Lipinski definition) is 4. The average molecular weight is 316 g/mol. The normalized spacial score (nSPS) is 22.1. The molecule has 1 aromatic heterocycles. The molecule has 0 aliphatic heterocycles. The summed E-state index contributed by atoms with van der Waals surface area (Å²) in [5.41, 5.74) is 1.05. The molecular formula is C14H24N2O2S2. The topological polar surface area (TPSA) is 58.2 Å². The van der Waals surface area contributed by atoms with Crippen LogP contribution in [-0.4, -0.2) is 21.5 Å². The minimum atomic E-state index is -3.33. The number of rotatable bonds is 8. The second-order valence-electron chi connectivity index (χ2n) is 5.67. The van der Waals surface area contributed by atoms with Crippen molar-refractivity contribution in [2.75, 3.05) is 13.1 Å². The van der Waals surface area contributed by atoms with E-state index in [0.29, 0.717) is 22.6 Å². The standard InChI is InChI=1S/C14H24N2O2S2/c1-4-5-15-9-13-11(3)7-14(19-13)20(17,18)16-8-12-6-10(12)2/h7,10,12,15-16H,4-6,8-9H2,1-3H3. The molecule has 2 unspecified atom stereocenters. The lowest BCUT2D eigenvalue weighted by molar-refractivity contribution is 0.576. The first-order valence-electron chi connectivity index (χ1n) is 7.23. The van der Waals surface area contributed by atoms with Crippen LogP contribution in [0.3, 0.4) is 0 Å². The van der Waals surface area contributed by atoms with Gasteiger partial charge in [-0.05, 0) is 49.8 Å². The van der Waals surface area contributed by atoms with Gasteiger partial charge in [-0.1, -0.05) is 13.8 Å². The summed E-state index contributed by atoms with van der Waals surface area (Å²) in [5.74, 6) is 1.19. The first-order valence-corrected chi connectivity index (χ1v) is 9.53. The van der Waals surface area contributed by atoms with E-state index in [1.807, 2.05) is 6.92 Å². The fourth-order valence-corrected chi connectivity index (χ4v) is 4.84. The lowest BCUT2D eigenvalue weighted by atomic mass is 10.3. The molecule has 0 saturated heterocycles. The van der Waals surface area contributed by atoms with E-state index in [-0.39, 0.29) is 0 Å². The van der Waals surface area contributed by atoms with Crippen molar-refractivity contribution in [1.29, 1.82) is 0 Å². The van der Waals surface area contributed by atoms with E-state index in [1.54, 1.807) is 6.07 Å². The summed E-state index contributed by atoms with van der Waals surface area (Å²) in [4.78, 5) is 1.11. The Labute approximate surface area is 126 Å². The molecule has 2 atom stereocenters. The highest BCUT2D eigenvalue weighted by Crippen LogP contribution is 2.37. The van der Waals surface area contributed by atoms with Gasteiger partial charge in [0.25, 0.3) is 0 Å². The van der Waals surface area contributed by atoms with Crippen molar-refractivity contribution in [2.45, 2.75) is 44.4 Å². The zero-order chi connectivity index (χ0) is 14.8. The molecule has 0 bridgehead atoms. The van der Waals surface area contributed by atoms with Crippen molar-refractivity contribution >= 4 is 21.4 Å². The van der Waals surface area contributed by atoms with Crippen molar-refractivity contribution < 1.29 is 8.42 Å². The zero-order valence-corrected chi connectivity index (χ0v) is 14.0. The third kappa shape index (κ3) is 4.04. The van der Waals surface area contributed by atoms with Gasteiger partial charge in [0.1, 0.15) is 4.21 Å². The van der Waals surface area contributed by atoms with Gasteiger partial charge in [-0.3, -0.25) is 0 Å². The second kappa shape index (κ2) is 6.56. The Bertz CT molecular complexity index is 552. The summed E-state index contributed by atoms with van der Waals surface area (Å²) < 4.78 is 27.7. The number of sulfonamides is 1. The summed E-state index contributed by atoms with van der Waals surface area (Å²) in [6.45, 7) is 8.53. The largest absolute Gasteiger partial charge is 0.312 e. The highest BCUT2D eigenvalue weighted by molar-refractivity contribution is 7.91. The molecule has 0 amide bonds. The molecule has 1 fully saturated rings. The minimum absolute atomic E-state index is 0.441. The van der Waals surface area contributed by atoms with E-state index in [0.717, 1.165) is 36.4 Å². The van der Waals surface area contributed by atoms with Gasteiger partial charge < -0.3 is 5.32 Å². The van der Waals surface area contributed by atoms with Crippen LogP contribution in [0.15, 0.2) is 10.3 Å². The lowest BCUT2D eigenvalue weighted by Crippen LogP contribution is -2.25. The highest BCUT2D eigenvalue weighted by atomic mass is 32.2. The molecule has 6 heteroatoms. The van der Waals surface area contributed by atoms with Crippen LogP contribution in [0.5, 0.6) is 0 Å². The van der Waals surface area contributed by atoms with Crippen LogP contribution in [0.4, 0.5) is 0 Å². The molecule has 1 saturated carbocycles. The fraction of sp³-hybridized carbons (Fsp3) is 0.714. The number of aryl methyl sites for hydroxylation is 1. The van der Waals surface area contributed by atoms with Gasteiger partial charge >= 0.3 is 0 Å². The maximum absolute atomic E-state index is 12.2. The highest BCUT2D eigenvalue weighted by Gasteiger charge is 2.33. The first kappa shape index (κ1) is 15.9. The quantitative estimate of drug-likeness (QED) is 0.725. The van der Waals surface area contributed by atoms with Crippen LogP contribution in [0.25, 0.3) is 0 Å². The number of nitrogens with one attached hydrogen (secondary N) is 2. The Hall–Kier alpha value is -0.430. The van der Waals surface area contributed by atoms with Crippen molar-refractivity contribution in [2.24, 2.45) is 11.8 Å². The van der Waals surface area contributed by atoms with Crippen LogP contribution in [0, 0.1) is 18.8 Å². The summed E-state index contributed by atoms with van der Waals surface area (Å²) in [6, 6.07) is 1.78. The van der Waals surface area contributed by atoms with Gasteiger partial charge in [0.2, 0.25) is 10.0 Å². The Morgan fingerprint density at radius 3 is 2.75 bits per heavy atom. The van der Waals surface area contributed by atoms with Crippen molar-refractivity contribution in [3.8, 4) is 0 Å². The van der Waals surface area contributed by atoms with E-state index in [9.17, 15) is 8.42 Å². The van der Waals surface area contributed by atoms with Gasteiger partial charge in [-0.2, -0.15) is 0 Å². The van der Waals surface area contributed by atoms with Gasteiger partial charge in [0.05, 0.1) is 0 Å². The van der Waals surface area contributed by atoms with Crippen LogP contribution in [-0.2, 0) is 16.6 Å². The summed E-state index contributed by atoms with van der Waals surface area (Å²) in [7, 11) is -3.33. The van der Waals surface area contributed by atoms with E-state index >= 15 is 0 Å². The predicted octanol–water partition coefficient (Wildman–Crippen LogP) is 2.49. The molecule has 0 spiro atoms. The van der Waals surface area contributed by atoms with Gasteiger partial charge in [-0.25, -0.2) is 13.1 Å². The molecule has 2 N–H and O–H groups in total. The van der Waals surface area contributed by atoms with E-state index < -0.39 is 10.0 Å². The third-order valence-electron chi connectivity index (χ3n) is 3.79. The first-order chi connectivity index (χ1) is 9.44. The Balaban J connectivity index is 1.98. The van der Waals surface area contributed by atoms with Crippen LogP contribution in [0.1, 0.15) is 37.1 Å². The molecule has 1 aromatic rings. The van der Waals surface area contributed by atoms with Crippen LogP contribution < -0.4 is 10.0 Å². The van der Waals surface area contributed by atoms with Crippen molar-refractivity contribution in [3.63, 3.8) is 0 Å². The van der Waals surface area contributed by atoms with Gasteiger partial charge in [0.15, 0.2) is 0 Å². The molecule has 4 nitrogen and oxygen atoms in total. The summed E-state index contributed by atoms with van der Waals surface area (Å²) in [5, 5.41) is 3.32. The lowest BCUT2D eigenvalue weighted by Gasteiger charge is -2.03. The average Bonchev–Trinajstić information content (AvgIpc) is 2.97. The molecular weight excluding hydrogens is 292 g/mol. The van der Waals surface area contributed by atoms with Crippen LogP contribution >= 0.6 is 11.3 Å². The Kier molecular flexibility index (Phi) is 5.23. The van der Waals surface area contributed by atoms with Crippen molar-refractivity contribution in [1.82, 2.24) is 10.0 Å². The number of hydrogen-bond donors (Lipinski definition) is 2. The maximum Gasteiger partial charge on any atom is 0.250 e. The SMILES string of the molecule is CCCNCc1sc(S(=O)(=O)NCC2CC2C)cc1C. The minimum Gasteiger partial charge on any atom is -0.312 e. The summed E-state index contributed by atoms with van der Waals surface area (Å²) >= 11 is 1.38.